The fourth-order valence-electron chi connectivity index (χ4n) is 1.53. The van der Waals surface area contributed by atoms with Crippen LogP contribution in [-0.2, 0) is 4.87 Å². The molecule has 2 heteroatoms. The van der Waals surface area contributed by atoms with Gasteiger partial charge in [0, 0.05) is 11.9 Å². The van der Waals surface area contributed by atoms with Crippen LogP contribution in [-0.4, -0.2) is 4.98 Å². The minimum atomic E-state index is -0.467. The van der Waals surface area contributed by atoms with Gasteiger partial charge in [-0.1, -0.05) is 30.3 Å². The molecule has 0 saturated carbocycles. The molecule has 0 bridgehead atoms. The summed E-state index contributed by atoms with van der Waals surface area (Å²) in [7, 11) is 0. The van der Waals surface area contributed by atoms with E-state index in [-0.39, 0.29) is 0 Å². The fraction of sp³-hybridized carbons (Fsp3) is 0.167. The second-order valence-electron chi connectivity index (χ2n) is 3.45. The topological polar surface area (TPSA) is 15.8 Å². The molecule has 0 radical (unpaired) electrons. The first kappa shape index (κ1) is 9.35. The number of H-pyrrole nitrogens is 1. The number of alkyl halides is 1. The van der Waals surface area contributed by atoms with E-state index in [1.54, 1.807) is 0 Å². The van der Waals surface area contributed by atoms with Crippen molar-refractivity contribution in [1.82, 2.24) is 4.98 Å². The molecule has 1 aromatic carbocycles. The zero-order valence-corrected chi connectivity index (χ0v) is 8.75. The normalized spacial score (nSPS) is 15.0. The monoisotopic (exact) mass is 205 g/mol. The molecule has 1 unspecified atom stereocenters. The highest BCUT2D eigenvalue weighted by atomic mass is 35.5. The molecule has 1 aromatic heterocycles. The zero-order chi connectivity index (χ0) is 10.0. The van der Waals surface area contributed by atoms with E-state index in [0.29, 0.717) is 0 Å². The molecule has 0 aliphatic heterocycles. The predicted octanol–water partition coefficient (Wildman–Crippen LogP) is 3.52. The molecule has 0 amide bonds. The number of rotatable bonds is 2. The highest BCUT2D eigenvalue weighted by Gasteiger charge is 2.26. The van der Waals surface area contributed by atoms with E-state index in [1.807, 2.05) is 55.6 Å². The lowest BCUT2D eigenvalue weighted by Crippen LogP contribution is -2.15. The molecule has 2 aromatic rings. The van der Waals surface area contributed by atoms with Crippen molar-refractivity contribution < 1.29 is 0 Å². The van der Waals surface area contributed by atoms with Crippen LogP contribution in [0.5, 0.6) is 0 Å². The van der Waals surface area contributed by atoms with Gasteiger partial charge in [-0.15, -0.1) is 11.6 Å². The maximum absolute atomic E-state index is 6.50. The van der Waals surface area contributed by atoms with Crippen molar-refractivity contribution in [3.63, 3.8) is 0 Å². The molecule has 0 saturated heterocycles. The van der Waals surface area contributed by atoms with Crippen LogP contribution in [0.1, 0.15) is 18.2 Å². The van der Waals surface area contributed by atoms with Gasteiger partial charge in [-0.25, -0.2) is 0 Å². The lowest BCUT2D eigenvalue weighted by molar-refractivity contribution is 0.791. The molecular formula is C12H12ClN. The van der Waals surface area contributed by atoms with Crippen molar-refractivity contribution in [2.24, 2.45) is 0 Å². The molecule has 1 nitrogen and oxygen atoms in total. The average molecular weight is 206 g/mol. The fourth-order valence-corrected chi connectivity index (χ4v) is 1.77. The SMILES string of the molecule is CC(Cl)(c1ccccc1)c1ccc[nH]1. The second kappa shape index (κ2) is 3.50. The van der Waals surface area contributed by atoms with Gasteiger partial charge in [-0.2, -0.15) is 0 Å². The molecule has 2 rings (SSSR count). The first-order valence-electron chi connectivity index (χ1n) is 4.59. The quantitative estimate of drug-likeness (QED) is 0.723. The van der Waals surface area contributed by atoms with Crippen LogP contribution in [0.25, 0.3) is 0 Å². The first-order valence-corrected chi connectivity index (χ1v) is 4.97. The molecule has 1 atom stereocenters. The smallest absolute Gasteiger partial charge is 0.106 e. The Balaban J connectivity index is 2.43. The van der Waals surface area contributed by atoms with Crippen LogP contribution in [0.4, 0.5) is 0 Å². The lowest BCUT2D eigenvalue weighted by Gasteiger charge is -2.21. The van der Waals surface area contributed by atoms with Gasteiger partial charge in [0.2, 0.25) is 0 Å². The number of benzene rings is 1. The van der Waals surface area contributed by atoms with Crippen LogP contribution in [0.15, 0.2) is 48.7 Å². The maximum Gasteiger partial charge on any atom is 0.106 e. The van der Waals surface area contributed by atoms with Crippen molar-refractivity contribution >= 4 is 11.6 Å². The number of hydrogen-bond donors (Lipinski definition) is 1. The minimum Gasteiger partial charge on any atom is -0.363 e. The molecule has 1 N–H and O–H groups in total. The Bertz CT molecular complexity index is 390. The number of aromatic nitrogens is 1. The zero-order valence-electron chi connectivity index (χ0n) is 8.00. The van der Waals surface area contributed by atoms with Crippen LogP contribution in [0, 0.1) is 0 Å². The van der Waals surface area contributed by atoms with E-state index in [9.17, 15) is 0 Å². The molecule has 0 fully saturated rings. The second-order valence-corrected chi connectivity index (χ2v) is 4.21. The van der Waals surface area contributed by atoms with Crippen LogP contribution < -0.4 is 0 Å². The summed E-state index contributed by atoms with van der Waals surface area (Å²) in [4.78, 5) is 2.68. The largest absolute Gasteiger partial charge is 0.363 e. The Morgan fingerprint density at radius 1 is 1.07 bits per heavy atom. The van der Waals surface area contributed by atoms with Gasteiger partial charge in [-0.3, -0.25) is 0 Å². The first-order chi connectivity index (χ1) is 6.71. The Labute approximate surface area is 88.7 Å². The molecule has 0 spiro atoms. The van der Waals surface area contributed by atoms with Crippen LogP contribution in [0.2, 0.25) is 0 Å². The third-order valence-corrected chi connectivity index (χ3v) is 2.84. The summed E-state index contributed by atoms with van der Waals surface area (Å²) in [5.41, 5.74) is 2.12. The van der Waals surface area contributed by atoms with Crippen molar-refractivity contribution in [2.45, 2.75) is 11.8 Å². The summed E-state index contributed by atoms with van der Waals surface area (Å²) in [6.45, 7) is 2.00. The predicted molar refractivity (Wildman–Crippen MR) is 59.5 cm³/mol. The Kier molecular flexibility index (Phi) is 2.34. The summed E-state index contributed by atoms with van der Waals surface area (Å²) in [6, 6.07) is 14.0. The third kappa shape index (κ3) is 1.55. The van der Waals surface area contributed by atoms with Crippen molar-refractivity contribution in [3.05, 3.63) is 59.9 Å². The number of hydrogen-bond acceptors (Lipinski definition) is 0. The number of nitrogens with one attached hydrogen (secondary N) is 1. The van der Waals surface area contributed by atoms with Crippen LogP contribution in [0.3, 0.4) is 0 Å². The van der Waals surface area contributed by atoms with E-state index in [0.717, 1.165) is 11.3 Å². The Morgan fingerprint density at radius 2 is 1.79 bits per heavy atom. The highest BCUT2D eigenvalue weighted by Crippen LogP contribution is 2.34. The molecule has 14 heavy (non-hydrogen) atoms. The van der Waals surface area contributed by atoms with Gasteiger partial charge < -0.3 is 4.98 Å². The van der Waals surface area contributed by atoms with E-state index in [2.05, 4.69) is 4.98 Å². The average Bonchev–Trinajstić information content (AvgIpc) is 2.72. The number of halogens is 1. The van der Waals surface area contributed by atoms with Crippen LogP contribution >= 0.6 is 11.6 Å². The lowest BCUT2D eigenvalue weighted by atomic mass is 9.97. The van der Waals surface area contributed by atoms with Gasteiger partial charge in [0.05, 0.1) is 0 Å². The summed E-state index contributed by atoms with van der Waals surface area (Å²) in [5, 5.41) is 0. The summed E-state index contributed by atoms with van der Waals surface area (Å²) < 4.78 is 0. The van der Waals surface area contributed by atoms with Gasteiger partial charge in [0.15, 0.2) is 0 Å². The van der Waals surface area contributed by atoms with Crippen molar-refractivity contribution in [3.8, 4) is 0 Å². The number of aromatic amines is 1. The molecular weight excluding hydrogens is 194 g/mol. The van der Waals surface area contributed by atoms with E-state index < -0.39 is 4.87 Å². The van der Waals surface area contributed by atoms with Gasteiger partial charge >= 0.3 is 0 Å². The standard InChI is InChI=1S/C12H12ClN/c1-12(13,11-8-5-9-14-11)10-6-3-2-4-7-10/h2-9,14H,1H3. The maximum atomic E-state index is 6.50. The van der Waals surface area contributed by atoms with Gasteiger partial charge in [0.1, 0.15) is 4.87 Å². The molecule has 72 valence electrons. The molecule has 0 aliphatic carbocycles. The van der Waals surface area contributed by atoms with Crippen molar-refractivity contribution in [1.29, 1.82) is 0 Å². The third-order valence-electron chi connectivity index (χ3n) is 2.42. The molecule has 1 heterocycles. The van der Waals surface area contributed by atoms with Crippen molar-refractivity contribution in [2.75, 3.05) is 0 Å². The minimum absolute atomic E-state index is 0.467. The van der Waals surface area contributed by atoms with E-state index in [1.165, 1.54) is 0 Å². The summed E-state index contributed by atoms with van der Waals surface area (Å²) >= 11 is 6.50. The van der Waals surface area contributed by atoms with Gasteiger partial charge in [0.25, 0.3) is 0 Å². The Hall–Kier alpha value is -1.21. The van der Waals surface area contributed by atoms with E-state index >= 15 is 0 Å². The van der Waals surface area contributed by atoms with E-state index in [4.69, 9.17) is 11.6 Å². The summed E-state index contributed by atoms with van der Waals surface area (Å²) in [5.74, 6) is 0. The summed E-state index contributed by atoms with van der Waals surface area (Å²) in [6.07, 6.45) is 1.89. The Morgan fingerprint density at radius 3 is 2.36 bits per heavy atom. The van der Waals surface area contributed by atoms with Gasteiger partial charge in [-0.05, 0) is 24.6 Å². The highest BCUT2D eigenvalue weighted by molar-refractivity contribution is 6.25. The molecule has 0 aliphatic rings.